The highest BCUT2D eigenvalue weighted by Crippen LogP contribution is 2.34. The summed E-state index contributed by atoms with van der Waals surface area (Å²) in [6, 6.07) is 6.02. The Balaban J connectivity index is 2.27. The van der Waals surface area contributed by atoms with Gasteiger partial charge in [-0.15, -0.1) is 0 Å². The second-order valence-corrected chi connectivity index (χ2v) is 4.51. The second-order valence-electron chi connectivity index (χ2n) is 4.51. The summed E-state index contributed by atoms with van der Waals surface area (Å²) in [6.07, 6.45) is 3.15. The van der Waals surface area contributed by atoms with Crippen molar-refractivity contribution in [1.29, 1.82) is 0 Å². The van der Waals surface area contributed by atoms with Gasteiger partial charge in [0.15, 0.2) is 0 Å². The van der Waals surface area contributed by atoms with Crippen LogP contribution in [0.25, 0.3) is 0 Å². The van der Waals surface area contributed by atoms with Gasteiger partial charge >= 0.3 is 0 Å². The SMILES string of the molecule is CCCNC1C(=O)Nc2c(CCC)cccc21. The van der Waals surface area contributed by atoms with E-state index in [4.69, 9.17) is 0 Å². The first-order valence-electron chi connectivity index (χ1n) is 6.44. The van der Waals surface area contributed by atoms with Crippen LogP contribution in [0.3, 0.4) is 0 Å². The number of rotatable bonds is 5. The number of nitrogens with one attached hydrogen (secondary N) is 2. The van der Waals surface area contributed by atoms with E-state index < -0.39 is 0 Å². The second kappa shape index (κ2) is 5.32. The van der Waals surface area contributed by atoms with Crippen LogP contribution in [-0.2, 0) is 11.2 Å². The Morgan fingerprint density at radius 1 is 1.29 bits per heavy atom. The molecule has 17 heavy (non-hydrogen) atoms. The molecule has 3 heteroatoms. The lowest BCUT2D eigenvalue weighted by Crippen LogP contribution is -2.27. The minimum Gasteiger partial charge on any atom is -0.324 e. The van der Waals surface area contributed by atoms with Gasteiger partial charge < -0.3 is 10.6 Å². The summed E-state index contributed by atoms with van der Waals surface area (Å²) in [5.41, 5.74) is 3.39. The van der Waals surface area contributed by atoms with Gasteiger partial charge in [0.05, 0.1) is 0 Å². The van der Waals surface area contributed by atoms with E-state index >= 15 is 0 Å². The van der Waals surface area contributed by atoms with Gasteiger partial charge in [0.1, 0.15) is 6.04 Å². The molecular weight excluding hydrogens is 212 g/mol. The summed E-state index contributed by atoms with van der Waals surface area (Å²) >= 11 is 0. The molecule has 1 unspecified atom stereocenters. The highest BCUT2D eigenvalue weighted by atomic mass is 16.2. The van der Waals surface area contributed by atoms with Crippen LogP contribution in [0.1, 0.15) is 43.9 Å². The Hall–Kier alpha value is -1.35. The molecule has 1 heterocycles. The fraction of sp³-hybridized carbons (Fsp3) is 0.500. The molecular formula is C14H20N2O. The number of amides is 1. The Bertz CT molecular complexity index is 415. The van der Waals surface area contributed by atoms with E-state index in [0.29, 0.717) is 0 Å². The van der Waals surface area contributed by atoms with Gasteiger partial charge in [-0.2, -0.15) is 0 Å². The highest BCUT2D eigenvalue weighted by Gasteiger charge is 2.30. The Morgan fingerprint density at radius 2 is 2.12 bits per heavy atom. The molecule has 1 aliphatic heterocycles. The number of benzene rings is 1. The number of carbonyl (C=O) groups is 1. The summed E-state index contributed by atoms with van der Waals surface area (Å²) in [6.45, 7) is 5.13. The number of carbonyl (C=O) groups excluding carboxylic acids is 1. The van der Waals surface area contributed by atoms with Crippen molar-refractivity contribution in [3.05, 3.63) is 29.3 Å². The molecule has 0 saturated heterocycles. The van der Waals surface area contributed by atoms with Crippen molar-refractivity contribution in [1.82, 2.24) is 5.32 Å². The maximum Gasteiger partial charge on any atom is 0.246 e. The topological polar surface area (TPSA) is 41.1 Å². The van der Waals surface area contributed by atoms with Crippen molar-refractivity contribution in [2.75, 3.05) is 11.9 Å². The van der Waals surface area contributed by atoms with Gasteiger partial charge in [0.25, 0.3) is 0 Å². The molecule has 92 valence electrons. The lowest BCUT2D eigenvalue weighted by Gasteiger charge is -2.11. The average molecular weight is 232 g/mol. The van der Waals surface area contributed by atoms with Crippen molar-refractivity contribution >= 4 is 11.6 Å². The zero-order valence-electron chi connectivity index (χ0n) is 10.5. The number of hydrogen-bond donors (Lipinski definition) is 2. The first kappa shape index (κ1) is 12.1. The lowest BCUT2D eigenvalue weighted by molar-refractivity contribution is -0.117. The van der Waals surface area contributed by atoms with Crippen LogP contribution < -0.4 is 10.6 Å². The van der Waals surface area contributed by atoms with Crippen LogP contribution in [0.4, 0.5) is 5.69 Å². The van der Waals surface area contributed by atoms with Gasteiger partial charge in [-0.05, 0) is 24.9 Å². The molecule has 0 aliphatic carbocycles. The van der Waals surface area contributed by atoms with Crippen molar-refractivity contribution in [2.45, 2.75) is 39.2 Å². The first-order chi connectivity index (χ1) is 8.27. The maximum absolute atomic E-state index is 11.9. The number of hydrogen-bond acceptors (Lipinski definition) is 2. The molecule has 1 amide bonds. The zero-order chi connectivity index (χ0) is 12.3. The van der Waals surface area contributed by atoms with Crippen molar-refractivity contribution in [3.63, 3.8) is 0 Å². The standard InChI is InChI=1S/C14H20N2O/c1-3-6-10-7-5-8-11-12(10)16-14(17)13(11)15-9-4-2/h5,7-8,13,15H,3-4,6,9H2,1-2H3,(H,16,17). The Labute approximate surface area is 103 Å². The predicted molar refractivity (Wildman–Crippen MR) is 70.1 cm³/mol. The molecule has 0 saturated carbocycles. The van der Waals surface area contributed by atoms with Crippen LogP contribution in [0.15, 0.2) is 18.2 Å². The molecule has 0 aromatic heterocycles. The lowest BCUT2D eigenvalue weighted by atomic mass is 10.0. The van der Waals surface area contributed by atoms with Gasteiger partial charge in [0.2, 0.25) is 5.91 Å². The number of fused-ring (bicyclic) bond motifs is 1. The molecule has 2 rings (SSSR count). The smallest absolute Gasteiger partial charge is 0.246 e. The van der Waals surface area contributed by atoms with Gasteiger partial charge in [-0.25, -0.2) is 0 Å². The molecule has 0 bridgehead atoms. The summed E-state index contributed by atoms with van der Waals surface area (Å²) in [7, 11) is 0. The molecule has 1 aromatic rings. The summed E-state index contributed by atoms with van der Waals surface area (Å²) in [5, 5.41) is 6.30. The maximum atomic E-state index is 11.9. The fourth-order valence-electron chi connectivity index (χ4n) is 2.32. The van der Waals surface area contributed by atoms with Gasteiger partial charge in [0, 0.05) is 11.3 Å². The van der Waals surface area contributed by atoms with Crippen molar-refractivity contribution < 1.29 is 4.79 Å². The molecule has 0 fully saturated rings. The summed E-state index contributed by atoms with van der Waals surface area (Å²) < 4.78 is 0. The number of para-hydroxylation sites is 1. The van der Waals surface area contributed by atoms with Crippen LogP contribution in [0, 0.1) is 0 Å². The summed E-state index contributed by atoms with van der Waals surface area (Å²) in [5.74, 6) is 0.0806. The molecule has 1 aromatic carbocycles. The van der Waals surface area contributed by atoms with Crippen LogP contribution in [0.2, 0.25) is 0 Å². The molecule has 3 nitrogen and oxygen atoms in total. The Morgan fingerprint density at radius 3 is 2.82 bits per heavy atom. The fourth-order valence-corrected chi connectivity index (χ4v) is 2.32. The zero-order valence-corrected chi connectivity index (χ0v) is 10.5. The molecule has 1 aliphatic rings. The number of anilines is 1. The van der Waals surface area contributed by atoms with Crippen LogP contribution in [-0.4, -0.2) is 12.5 Å². The Kier molecular flexibility index (Phi) is 3.79. The van der Waals surface area contributed by atoms with Crippen LogP contribution >= 0.6 is 0 Å². The van der Waals surface area contributed by atoms with E-state index in [0.717, 1.165) is 37.1 Å². The third kappa shape index (κ3) is 2.34. The number of aryl methyl sites for hydroxylation is 1. The van der Waals surface area contributed by atoms with Gasteiger partial charge in [-0.3, -0.25) is 4.79 Å². The third-order valence-electron chi connectivity index (χ3n) is 3.12. The van der Waals surface area contributed by atoms with E-state index in [2.05, 4.69) is 30.5 Å². The first-order valence-corrected chi connectivity index (χ1v) is 6.44. The highest BCUT2D eigenvalue weighted by molar-refractivity contribution is 6.03. The quantitative estimate of drug-likeness (QED) is 0.819. The van der Waals surface area contributed by atoms with E-state index in [1.54, 1.807) is 0 Å². The summed E-state index contributed by atoms with van der Waals surface area (Å²) in [4.78, 5) is 11.9. The average Bonchev–Trinajstić information content (AvgIpc) is 2.64. The molecule has 0 radical (unpaired) electrons. The van der Waals surface area contributed by atoms with E-state index in [1.807, 2.05) is 12.1 Å². The van der Waals surface area contributed by atoms with E-state index in [9.17, 15) is 4.79 Å². The minimum atomic E-state index is -0.165. The minimum absolute atomic E-state index is 0.0806. The van der Waals surface area contributed by atoms with E-state index in [-0.39, 0.29) is 11.9 Å². The molecule has 0 spiro atoms. The van der Waals surface area contributed by atoms with Crippen LogP contribution in [0.5, 0.6) is 0 Å². The third-order valence-corrected chi connectivity index (χ3v) is 3.12. The monoisotopic (exact) mass is 232 g/mol. The molecule has 2 N–H and O–H groups in total. The van der Waals surface area contributed by atoms with Crippen molar-refractivity contribution in [2.24, 2.45) is 0 Å². The molecule has 1 atom stereocenters. The van der Waals surface area contributed by atoms with E-state index in [1.165, 1.54) is 5.56 Å². The van der Waals surface area contributed by atoms with Gasteiger partial charge in [-0.1, -0.05) is 38.5 Å². The van der Waals surface area contributed by atoms with Crippen molar-refractivity contribution in [3.8, 4) is 0 Å². The largest absolute Gasteiger partial charge is 0.324 e. The predicted octanol–water partition coefficient (Wildman–Crippen LogP) is 2.63. The normalized spacial score (nSPS) is 18.0.